The van der Waals surface area contributed by atoms with Crippen molar-refractivity contribution in [3.8, 4) is 0 Å². The number of aromatic nitrogens is 2. The average Bonchev–Trinajstić information content (AvgIpc) is 2.92. The summed E-state index contributed by atoms with van der Waals surface area (Å²) in [5, 5.41) is 4.56. The topological polar surface area (TPSA) is 37.8 Å². The van der Waals surface area contributed by atoms with E-state index < -0.39 is 0 Å². The van der Waals surface area contributed by atoms with Gasteiger partial charge in [0.1, 0.15) is 16.5 Å². The number of anilines is 1. The minimum atomic E-state index is -0.216. The first kappa shape index (κ1) is 15.2. The summed E-state index contributed by atoms with van der Waals surface area (Å²) in [5.74, 6) is 0.541. The number of nitrogens with one attached hydrogen (secondary N) is 1. The number of halogens is 2. The third kappa shape index (κ3) is 3.36. The minimum absolute atomic E-state index is 0.216. The first-order valence-corrected chi connectivity index (χ1v) is 8.29. The summed E-state index contributed by atoms with van der Waals surface area (Å²) >= 11 is 7.63. The first-order chi connectivity index (χ1) is 10.7. The Labute approximate surface area is 137 Å². The number of fused-ring (bicyclic) bond motifs is 1. The highest BCUT2D eigenvalue weighted by molar-refractivity contribution is 7.18. The quantitative estimate of drug-likeness (QED) is 0.687. The molecule has 0 aliphatic heterocycles. The fourth-order valence-electron chi connectivity index (χ4n) is 2.23. The van der Waals surface area contributed by atoms with E-state index in [0.29, 0.717) is 6.54 Å². The molecule has 0 bridgehead atoms. The van der Waals surface area contributed by atoms with Crippen LogP contribution in [0.4, 0.5) is 10.2 Å². The molecule has 0 spiro atoms. The van der Waals surface area contributed by atoms with Gasteiger partial charge in [-0.3, -0.25) is 0 Å². The van der Waals surface area contributed by atoms with Crippen molar-refractivity contribution in [1.82, 2.24) is 9.97 Å². The Morgan fingerprint density at radius 2 is 2.00 bits per heavy atom. The molecule has 0 aliphatic rings. The van der Waals surface area contributed by atoms with Crippen LogP contribution in [0.25, 0.3) is 10.2 Å². The molecule has 0 saturated carbocycles. The van der Waals surface area contributed by atoms with Crippen LogP contribution in [0.2, 0.25) is 5.28 Å². The number of nitrogens with zero attached hydrogens (tertiary/aromatic N) is 2. The number of rotatable bonds is 5. The lowest BCUT2D eigenvalue weighted by Crippen LogP contribution is -2.07. The second-order valence-electron chi connectivity index (χ2n) is 4.93. The Morgan fingerprint density at radius 3 is 2.73 bits per heavy atom. The first-order valence-electron chi connectivity index (χ1n) is 7.10. The molecule has 0 radical (unpaired) electrons. The van der Waals surface area contributed by atoms with E-state index in [1.54, 1.807) is 23.5 Å². The van der Waals surface area contributed by atoms with Crippen molar-refractivity contribution < 1.29 is 4.39 Å². The lowest BCUT2D eigenvalue weighted by molar-refractivity contribution is 0.627. The van der Waals surface area contributed by atoms with E-state index in [-0.39, 0.29) is 11.1 Å². The molecule has 0 aliphatic carbocycles. The van der Waals surface area contributed by atoms with Crippen molar-refractivity contribution in [2.75, 3.05) is 11.9 Å². The summed E-state index contributed by atoms with van der Waals surface area (Å²) in [7, 11) is 0. The Kier molecular flexibility index (Phi) is 4.55. The van der Waals surface area contributed by atoms with E-state index >= 15 is 0 Å². The maximum Gasteiger partial charge on any atom is 0.225 e. The molecule has 22 heavy (non-hydrogen) atoms. The Morgan fingerprint density at radius 1 is 1.23 bits per heavy atom. The molecule has 0 unspecified atom stereocenters. The minimum Gasteiger partial charge on any atom is -0.369 e. The van der Waals surface area contributed by atoms with Crippen molar-refractivity contribution in [2.24, 2.45) is 0 Å². The van der Waals surface area contributed by atoms with Crippen LogP contribution < -0.4 is 5.32 Å². The maximum absolute atomic E-state index is 12.9. The summed E-state index contributed by atoms with van der Waals surface area (Å²) in [6.45, 7) is 2.81. The van der Waals surface area contributed by atoms with Crippen LogP contribution >= 0.6 is 22.9 Å². The number of benzene rings is 1. The summed E-state index contributed by atoms with van der Waals surface area (Å²) in [5.41, 5.74) is 1.07. The number of hydrogen-bond acceptors (Lipinski definition) is 4. The Bertz CT molecular complexity index is 786. The van der Waals surface area contributed by atoms with Gasteiger partial charge in [-0.15, -0.1) is 11.3 Å². The molecule has 3 aromatic rings. The highest BCUT2D eigenvalue weighted by Crippen LogP contribution is 2.30. The molecule has 0 atom stereocenters. The number of thiophene rings is 1. The zero-order valence-corrected chi connectivity index (χ0v) is 13.6. The Balaban J connectivity index is 1.75. The van der Waals surface area contributed by atoms with Crippen LogP contribution in [0.3, 0.4) is 0 Å². The van der Waals surface area contributed by atoms with Gasteiger partial charge in [0.25, 0.3) is 0 Å². The van der Waals surface area contributed by atoms with Crippen LogP contribution in [0.1, 0.15) is 17.4 Å². The molecule has 0 fully saturated rings. The third-order valence-corrected chi connectivity index (χ3v) is 4.73. The van der Waals surface area contributed by atoms with E-state index in [1.807, 2.05) is 0 Å². The predicted octanol–water partition coefficient (Wildman–Crippen LogP) is 4.70. The van der Waals surface area contributed by atoms with E-state index in [1.165, 1.54) is 17.0 Å². The van der Waals surface area contributed by atoms with Crippen molar-refractivity contribution >= 4 is 39.0 Å². The van der Waals surface area contributed by atoms with Gasteiger partial charge in [0.05, 0.1) is 5.39 Å². The lowest BCUT2D eigenvalue weighted by atomic mass is 10.1. The smallest absolute Gasteiger partial charge is 0.225 e. The summed E-state index contributed by atoms with van der Waals surface area (Å²) in [6, 6.07) is 8.64. The van der Waals surface area contributed by atoms with Gasteiger partial charge >= 0.3 is 0 Å². The van der Waals surface area contributed by atoms with Gasteiger partial charge in [0.2, 0.25) is 5.28 Å². The highest BCUT2D eigenvalue weighted by Gasteiger charge is 2.10. The number of aryl methyl sites for hydroxylation is 1. The van der Waals surface area contributed by atoms with Gasteiger partial charge in [-0.05, 0) is 48.2 Å². The average molecular weight is 336 g/mol. The van der Waals surface area contributed by atoms with Gasteiger partial charge in [-0.1, -0.05) is 19.1 Å². The molecule has 2 aromatic heterocycles. The highest BCUT2D eigenvalue weighted by atomic mass is 35.5. The van der Waals surface area contributed by atoms with E-state index in [4.69, 9.17) is 11.6 Å². The molecule has 6 heteroatoms. The van der Waals surface area contributed by atoms with Crippen LogP contribution in [0, 0.1) is 5.82 Å². The molecule has 0 amide bonds. The van der Waals surface area contributed by atoms with Crippen LogP contribution in [-0.4, -0.2) is 16.5 Å². The van der Waals surface area contributed by atoms with Crippen molar-refractivity contribution in [3.05, 3.63) is 51.9 Å². The van der Waals surface area contributed by atoms with Gasteiger partial charge in [0.15, 0.2) is 0 Å². The molecule has 3 rings (SSSR count). The van der Waals surface area contributed by atoms with Crippen molar-refractivity contribution in [3.63, 3.8) is 0 Å². The Hall–Kier alpha value is -1.72. The SMILES string of the molecule is CCc1cc2c(NCCc3ccc(F)cc3)nc(Cl)nc2s1. The predicted molar refractivity (Wildman–Crippen MR) is 90.4 cm³/mol. The number of hydrogen-bond donors (Lipinski definition) is 1. The second kappa shape index (κ2) is 6.58. The van der Waals surface area contributed by atoms with E-state index in [9.17, 15) is 4.39 Å². The lowest BCUT2D eigenvalue weighted by Gasteiger charge is -2.07. The van der Waals surface area contributed by atoms with Crippen LogP contribution in [-0.2, 0) is 12.8 Å². The van der Waals surface area contributed by atoms with E-state index in [0.717, 1.165) is 34.4 Å². The molecule has 0 saturated heterocycles. The molecular weight excluding hydrogens is 321 g/mol. The summed E-state index contributed by atoms with van der Waals surface area (Å²) < 4.78 is 12.9. The molecule has 114 valence electrons. The molecule has 1 N–H and O–H groups in total. The molecular formula is C16H15ClFN3S. The molecule has 1 aromatic carbocycles. The van der Waals surface area contributed by atoms with Crippen LogP contribution in [0.5, 0.6) is 0 Å². The standard InChI is InChI=1S/C16H15ClFN3S/c1-2-12-9-13-14(20-16(17)21-15(13)22-12)19-8-7-10-3-5-11(18)6-4-10/h3-6,9H,2,7-8H2,1H3,(H,19,20,21). The largest absolute Gasteiger partial charge is 0.369 e. The molecule has 3 nitrogen and oxygen atoms in total. The van der Waals surface area contributed by atoms with E-state index in [2.05, 4.69) is 28.3 Å². The summed E-state index contributed by atoms with van der Waals surface area (Å²) in [4.78, 5) is 10.7. The monoisotopic (exact) mass is 335 g/mol. The van der Waals surface area contributed by atoms with Crippen molar-refractivity contribution in [1.29, 1.82) is 0 Å². The normalized spacial score (nSPS) is 11.0. The summed E-state index contributed by atoms with van der Waals surface area (Å²) in [6.07, 6.45) is 1.75. The van der Waals surface area contributed by atoms with Gasteiger partial charge in [-0.2, -0.15) is 0 Å². The fourth-order valence-corrected chi connectivity index (χ4v) is 3.42. The third-order valence-electron chi connectivity index (χ3n) is 3.38. The molecule has 2 heterocycles. The van der Waals surface area contributed by atoms with Gasteiger partial charge in [-0.25, -0.2) is 14.4 Å². The van der Waals surface area contributed by atoms with Crippen LogP contribution in [0.15, 0.2) is 30.3 Å². The zero-order chi connectivity index (χ0) is 15.5. The fraction of sp³-hybridized carbons (Fsp3) is 0.250. The van der Waals surface area contributed by atoms with Gasteiger partial charge < -0.3 is 5.32 Å². The van der Waals surface area contributed by atoms with Gasteiger partial charge in [0, 0.05) is 11.4 Å². The second-order valence-corrected chi connectivity index (χ2v) is 6.38. The van der Waals surface area contributed by atoms with Crippen molar-refractivity contribution in [2.45, 2.75) is 19.8 Å². The zero-order valence-electron chi connectivity index (χ0n) is 12.1. The maximum atomic E-state index is 12.9.